The molecule has 0 aliphatic carbocycles. The summed E-state index contributed by atoms with van der Waals surface area (Å²) >= 11 is 0. The molecule has 0 saturated heterocycles. The van der Waals surface area contributed by atoms with Gasteiger partial charge in [0.1, 0.15) is 11.4 Å². The van der Waals surface area contributed by atoms with Crippen LogP contribution in [0.1, 0.15) is 24.5 Å². The SMILES string of the molecule is CCCOc1ccc(C2=C(N(C)Cc3ccccc3)C(=O)N(C)C2=O)cc1. The summed E-state index contributed by atoms with van der Waals surface area (Å²) in [5.41, 5.74) is 2.65. The van der Waals surface area contributed by atoms with E-state index in [4.69, 9.17) is 4.74 Å². The van der Waals surface area contributed by atoms with Gasteiger partial charge in [0.25, 0.3) is 11.8 Å². The number of benzene rings is 2. The van der Waals surface area contributed by atoms with Crippen molar-refractivity contribution in [3.05, 3.63) is 71.4 Å². The van der Waals surface area contributed by atoms with Crippen LogP contribution in [0.3, 0.4) is 0 Å². The van der Waals surface area contributed by atoms with E-state index in [0.717, 1.165) is 23.3 Å². The summed E-state index contributed by atoms with van der Waals surface area (Å²) in [6, 6.07) is 17.2. The van der Waals surface area contributed by atoms with E-state index in [2.05, 4.69) is 0 Å². The molecule has 1 heterocycles. The molecule has 2 aromatic rings. The van der Waals surface area contributed by atoms with Gasteiger partial charge >= 0.3 is 0 Å². The van der Waals surface area contributed by atoms with E-state index in [9.17, 15) is 9.59 Å². The van der Waals surface area contributed by atoms with Crippen molar-refractivity contribution in [1.82, 2.24) is 9.80 Å². The van der Waals surface area contributed by atoms with E-state index in [0.29, 0.717) is 24.4 Å². The van der Waals surface area contributed by atoms with E-state index in [1.165, 1.54) is 11.9 Å². The third kappa shape index (κ3) is 3.87. The number of rotatable bonds is 7. The highest BCUT2D eigenvalue weighted by atomic mass is 16.5. The number of likely N-dealkylation sites (N-methyl/N-ethyl adjacent to an activating group) is 2. The normalized spacial score (nSPS) is 14.1. The van der Waals surface area contributed by atoms with Crippen molar-refractivity contribution in [3.63, 3.8) is 0 Å². The van der Waals surface area contributed by atoms with Crippen molar-refractivity contribution in [2.24, 2.45) is 0 Å². The Bertz CT molecular complexity index is 857. The molecule has 3 rings (SSSR count). The molecule has 0 bridgehead atoms. The minimum atomic E-state index is -0.280. The monoisotopic (exact) mass is 364 g/mol. The van der Waals surface area contributed by atoms with Crippen molar-refractivity contribution < 1.29 is 14.3 Å². The fourth-order valence-electron chi connectivity index (χ4n) is 3.12. The molecule has 5 heteroatoms. The number of carbonyl (C=O) groups excluding carboxylic acids is 2. The molecule has 1 aliphatic rings. The highest BCUT2D eigenvalue weighted by molar-refractivity contribution is 6.35. The maximum atomic E-state index is 12.7. The lowest BCUT2D eigenvalue weighted by Crippen LogP contribution is -2.30. The summed E-state index contributed by atoms with van der Waals surface area (Å²) in [7, 11) is 3.36. The van der Waals surface area contributed by atoms with Crippen molar-refractivity contribution in [1.29, 1.82) is 0 Å². The Morgan fingerprint density at radius 2 is 1.63 bits per heavy atom. The Kier molecular flexibility index (Phi) is 5.60. The van der Waals surface area contributed by atoms with Crippen molar-refractivity contribution >= 4 is 17.4 Å². The van der Waals surface area contributed by atoms with Gasteiger partial charge in [-0.25, -0.2) is 0 Å². The first kappa shape index (κ1) is 18.7. The summed E-state index contributed by atoms with van der Waals surface area (Å²) in [6.07, 6.45) is 0.930. The largest absolute Gasteiger partial charge is 0.494 e. The number of hydrogen-bond acceptors (Lipinski definition) is 4. The molecule has 0 unspecified atom stereocenters. The van der Waals surface area contributed by atoms with Crippen LogP contribution >= 0.6 is 0 Å². The van der Waals surface area contributed by atoms with Gasteiger partial charge in [-0.3, -0.25) is 14.5 Å². The van der Waals surface area contributed by atoms with Gasteiger partial charge in [0.15, 0.2) is 0 Å². The van der Waals surface area contributed by atoms with Gasteiger partial charge in [0, 0.05) is 20.6 Å². The standard InChI is InChI=1S/C22H24N2O3/c1-4-14-27-18-12-10-17(11-13-18)19-20(22(26)24(3)21(19)25)23(2)15-16-8-6-5-7-9-16/h5-13H,4,14-15H2,1-3H3. The van der Waals surface area contributed by atoms with Crippen molar-refractivity contribution in [3.8, 4) is 5.75 Å². The van der Waals surface area contributed by atoms with Gasteiger partial charge < -0.3 is 9.64 Å². The van der Waals surface area contributed by atoms with Crippen LogP contribution in [0.25, 0.3) is 5.57 Å². The van der Waals surface area contributed by atoms with E-state index >= 15 is 0 Å². The minimum absolute atomic E-state index is 0.278. The minimum Gasteiger partial charge on any atom is -0.494 e. The van der Waals surface area contributed by atoms with Crippen LogP contribution in [0.15, 0.2) is 60.3 Å². The van der Waals surface area contributed by atoms with Crippen LogP contribution in [-0.2, 0) is 16.1 Å². The average Bonchev–Trinajstić information content (AvgIpc) is 2.91. The Balaban J connectivity index is 1.94. The molecule has 0 saturated carbocycles. The van der Waals surface area contributed by atoms with Crippen molar-refractivity contribution in [2.75, 3.05) is 20.7 Å². The first-order valence-electron chi connectivity index (χ1n) is 9.08. The maximum Gasteiger partial charge on any atom is 0.277 e. The lowest BCUT2D eigenvalue weighted by Gasteiger charge is -2.21. The Morgan fingerprint density at radius 3 is 2.26 bits per heavy atom. The van der Waals surface area contributed by atoms with E-state index in [1.807, 2.05) is 73.5 Å². The van der Waals surface area contributed by atoms with Gasteiger partial charge in [0.05, 0.1) is 12.2 Å². The third-order valence-corrected chi connectivity index (χ3v) is 4.52. The predicted octanol–water partition coefficient (Wildman–Crippen LogP) is 3.32. The first-order valence-corrected chi connectivity index (χ1v) is 9.08. The molecular weight excluding hydrogens is 340 g/mol. The Morgan fingerprint density at radius 1 is 0.963 bits per heavy atom. The molecule has 2 amide bonds. The molecular formula is C22H24N2O3. The van der Waals surface area contributed by atoms with Gasteiger partial charge in [-0.1, -0.05) is 49.4 Å². The fraction of sp³-hybridized carbons (Fsp3) is 0.273. The second-order valence-electron chi connectivity index (χ2n) is 6.61. The third-order valence-electron chi connectivity index (χ3n) is 4.52. The number of nitrogens with zero attached hydrogens (tertiary/aromatic N) is 2. The smallest absolute Gasteiger partial charge is 0.277 e. The van der Waals surface area contributed by atoms with Crippen LogP contribution in [0.2, 0.25) is 0 Å². The molecule has 2 aromatic carbocycles. The van der Waals surface area contributed by atoms with Crippen LogP contribution < -0.4 is 4.74 Å². The van der Waals surface area contributed by atoms with Crippen LogP contribution in [0, 0.1) is 0 Å². The molecule has 0 N–H and O–H groups in total. The van der Waals surface area contributed by atoms with Gasteiger partial charge in [-0.15, -0.1) is 0 Å². The van der Waals surface area contributed by atoms with Crippen LogP contribution in [0.4, 0.5) is 0 Å². The van der Waals surface area contributed by atoms with Crippen molar-refractivity contribution in [2.45, 2.75) is 19.9 Å². The summed E-state index contributed by atoms with van der Waals surface area (Å²) in [4.78, 5) is 28.5. The Hall–Kier alpha value is -3.08. The number of carbonyl (C=O) groups is 2. The van der Waals surface area contributed by atoms with E-state index < -0.39 is 0 Å². The average molecular weight is 364 g/mol. The van der Waals surface area contributed by atoms with Gasteiger partial charge in [0.2, 0.25) is 0 Å². The number of ether oxygens (including phenoxy) is 1. The highest BCUT2D eigenvalue weighted by Crippen LogP contribution is 2.31. The zero-order valence-corrected chi connectivity index (χ0v) is 15.9. The summed E-state index contributed by atoms with van der Waals surface area (Å²) < 4.78 is 5.61. The first-order chi connectivity index (χ1) is 13.0. The summed E-state index contributed by atoms with van der Waals surface area (Å²) in [6.45, 7) is 3.24. The molecule has 140 valence electrons. The van der Waals surface area contributed by atoms with Crippen LogP contribution in [-0.4, -0.2) is 42.3 Å². The number of amides is 2. The number of imide groups is 1. The van der Waals surface area contributed by atoms with Gasteiger partial charge in [-0.2, -0.15) is 0 Å². The highest BCUT2D eigenvalue weighted by Gasteiger charge is 2.38. The number of hydrogen-bond donors (Lipinski definition) is 0. The molecule has 0 fully saturated rings. The predicted molar refractivity (Wildman–Crippen MR) is 105 cm³/mol. The zero-order chi connectivity index (χ0) is 19.4. The lowest BCUT2D eigenvalue weighted by atomic mass is 10.0. The summed E-state index contributed by atoms with van der Waals surface area (Å²) in [5.74, 6) is 0.197. The molecule has 5 nitrogen and oxygen atoms in total. The second-order valence-corrected chi connectivity index (χ2v) is 6.61. The lowest BCUT2D eigenvalue weighted by molar-refractivity contribution is -0.135. The molecule has 0 atom stereocenters. The molecule has 0 spiro atoms. The van der Waals surface area contributed by atoms with E-state index in [-0.39, 0.29) is 11.8 Å². The topological polar surface area (TPSA) is 49.9 Å². The molecule has 27 heavy (non-hydrogen) atoms. The molecule has 0 radical (unpaired) electrons. The molecule has 0 aromatic heterocycles. The molecule has 1 aliphatic heterocycles. The Labute approximate surface area is 159 Å². The summed E-state index contributed by atoms with van der Waals surface area (Å²) in [5, 5.41) is 0. The maximum absolute atomic E-state index is 12.7. The quantitative estimate of drug-likeness (QED) is 0.707. The van der Waals surface area contributed by atoms with Crippen LogP contribution in [0.5, 0.6) is 5.75 Å². The van der Waals surface area contributed by atoms with Gasteiger partial charge in [-0.05, 0) is 29.7 Å². The second kappa shape index (κ2) is 8.08. The zero-order valence-electron chi connectivity index (χ0n) is 15.9. The fourth-order valence-corrected chi connectivity index (χ4v) is 3.12. The van der Waals surface area contributed by atoms with E-state index in [1.54, 1.807) is 0 Å².